The molecule has 1 rings (SSSR count). The van der Waals surface area contributed by atoms with Crippen molar-refractivity contribution in [1.82, 2.24) is 4.90 Å². The van der Waals surface area contributed by atoms with Crippen LogP contribution in [-0.2, 0) is 38.0 Å². The molecule has 1 saturated carbocycles. The Hall–Kier alpha value is -2.47. The number of hydrogen-bond acceptors (Lipinski definition) is 11. The Kier molecular flexibility index (Phi) is 41.6. The Bertz CT molecular complexity index is 1090. The topological polar surface area (TPSA) is 130 Å². The zero-order chi connectivity index (χ0) is 45.7. The van der Waals surface area contributed by atoms with Crippen molar-refractivity contribution in [3.05, 3.63) is 24.3 Å². The Balaban J connectivity index is 2.56. The van der Waals surface area contributed by atoms with Crippen LogP contribution in [0.15, 0.2) is 24.3 Å². The van der Waals surface area contributed by atoms with Gasteiger partial charge in [0.05, 0.1) is 25.6 Å². The minimum Gasteiger partial charge on any atom is -0.465 e. The van der Waals surface area contributed by atoms with Crippen molar-refractivity contribution in [2.45, 2.75) is 226 Å². The lowest BCUT2D eigenvalue weighted by molar-refractivity contribution is -0.161. The molecule has 0 amide bonds. The highest BCUT2D eigenvalue weighted by atomic mass is 16.7. The van der Waals surface area contributed by atoms with Gasteiger partial charge in [-0.2, -0.15) is 0 Å². The molecule has 0 aromatic rings. The molecule has 0 saturated heterocycles. The highest BCUT2D eigenvalue weighted by molar-refractivity contribution is 5.69. The van der Waals surface area contributed by atoms with Gasteiger partial charge in [-0.25, -0.2) is 4.79 Å². The Labute approximate surface area is 385 Å². The summed E-state index contributed by atoms with van der Waals surface area (Å²) in [5.74, 6) is -1.27. The molecule has 368 valence electrons. The second kappa shape index (κ2) is 44.7. The number of unbranched alkanes of at least 4 members (excludes halogenated alkanes) is 18. The fourth-order valence-electron chi connectivity index (χ4n) is 7.44. The minimum absolute atomic E-state index is 0.0392. The number of ether oxygens (including phenoxy) is 6. The predicted octanol–water partition coefficient (Wildman–Crippen LogP) is 12.8. The highest BCUT2D eigenvalue weighted by Gasteiger charge is 2.24. The maximum Gasteiger partial charge on any atom is 0.508 e. The molecular weight excluding hydrogens is 799 g/mol. The minimum atomic E-state index is -0.812. The number of carbonyl (C=O) groups is 3. The van der Waals surface area contributed by atoms with Crippen LogP contribution in [0.1, 0.15) is 213 Å². The normalized spacial score (nSPS) is 13.6. The van der Waals surface area contributed by atoms with Crippen LogP contribution in [0.5, 0.6) is 0 Å². The third kappa shape index (κ3) is 37.5. The van der Waals surface area contributed by atoms with Gasteiger partial charge in [0.2, 0.25) is 0 Å². The average molecular weight is 894 g/mol. The first kappa shape index (κ1) is 58.5. The van der Waals surface area contributed by atoms with Crippen molar-refractivity contribution in [1.29, 1.82) is 0 Å². The summed E-state index contributed by atoms with van der Waals surface area (Å²) in [5, 5.41) is 9.43. The Morgan fingerprint density at radius 3 is 1.63 bits per heavy atom. The van der Waals surface area contributed by atoms with Crippen LogP contribution in [0.3, 0.4) is 0 Å². The van der Waals surface area contributed by atoms with Crippen LogP contribution >= 0.6 is 0 Å². The number of hydrogen-bond donors (Lipinski definition) is 1. The molecule has 0 spiro atoms. The van der Waals surface area contributed by atoms with E-state index >= 15 is 0 Å². The molecular formula is C52H95NO10. The van der Waals surface area contributed by atoms with Gasteiger partial charge in [0.1, 0.15) is 19.8 Å². The molecule has 0 heterocycles. The summed E-state index contributed by atoms with van der Waals surface area (Å²) in [6.07, 6.45) is 38.9. The molecule has 1 fully saturated rings. The van der Waals surface area contributed by atoms with Crippen LogP contribution in [0.4, 0.5) is 4.79 Å². The first-order chi connectivity index (χ1) is 30.9. The molecule has 1 aliphatic rings. The van der Waals surface area contributed by atoms with E-state index < -0.39 is 24.3 Å². The van der Waals surface area contributed by atoms with Crippen LogP contribution in [-0.4, -0.2) is 99.8 Å². The summed E-state index contributed by atoms with van der Waals surface area (Å²) in [6, 6.07) is 0.492. The molecule has 11 heteroatoms. The van der Waals surface area contributed by atoms with E-state index in [0.717, 1.165) is 90.0 Å². The Morgan fingerprint density at radius 1 is 0.556 bits per heavy atom. The molecule has 63 heavy (non-hydrogen) atoms. The summed E-state index contributed by atoms with van der Waals surface area (Å²) in [4.78, 5) is 40.5. The van der Waals surface area contributed by atoms with Gasteiger partial charge in [-0.3, -0.25) is 14.5 Å². The molecule has 0 bridgehead atoms. The number of carbonyl (C=O) groups excluding carboxylic acids is 3. The number of nitrogens with zero attached hydrogens (tertiary/aromatic N) is 1. The fraction of sp³-hybridized carbons (Fsp3) is 0.865. The first-order valence-electron chi connectivity index (χ1n) is 25.9. The van der Waals surface area contributed by atoms with E-state index in [4.69, 9.17) is 28.4 Å². The van der Waals surface area contributed by atoms with Crippen molar-refractivity contribution in [3.8, 4) is 0 Å². The van der Waals surface area contributed by atoms with Gasteiger partial charge in [-0.1, -0.05) is 148 Å². The average Bonchev–Trinajstić information content (AvgIpc) is 3.26. The number of aliphatic hydroxyl groups is 1. The van der Waals surface area contributed by atoms with E-state index in [2.05, 4.69) is 50.0 Å². The van der Waals surface area contributed by atoms with Gasteiger partial charge in [-0.15, -0.1) is 0 Å². The lowest BCUT2D eigenvalue weighted by Crippen LogP contribution is -2.42. The second-order valence-electron chi connectivity index (χ2n) is 17.6. The van der Waals surface area contributed by atoms with Gasteiger partial charge >= 0.3 is 18.1 Å². The second-order valence-corrected chi connectivity index (χ2v) is 17.6. The van der Waals surface area contributed by atoms with Crippen molar-refractivity contribution in [3.63, 3.8) is 0 Å². The summed E-state index contributed by atoms with van der Waals surface area (Å²) < 4.78 is 34.2. The van der Waals surface area contributed by atoms with Crippen molar-refractivity contribution in [2.75, 3.05) is 59.3 Å². The van der Waals surface area contributed by atoms with Gasteiger partial charge < -0.3 is 33.5 Å². The van der Waals surface area contributed by atoms with E-state index in [-0.39, 0.29) is 45.4 Å². The van der Waals surface area contributed by atoms with E-state index in [0.29, 0.717) is 45.1 Å². The van der Waals surface area contributed by atoms with E-state index in [9.17, 15) is 19.5 Å². The lowest BCUT2D eigenvalue weighted by atomic mass is 9.91. The quantitative estimate of drug-likeness (QED) is 0.0206. The van der Waals surface area contributed by atoms with E-state index in [1.165, 1.54) is 83.5 Å². The summed E-state index contributed by atoms with van der Waals surface area (Å²) >= 11 is 0. The Morgan fingerprint density at radius 2 is 1.06 bits per heavy atom. The predicted molar refractivity (Wildman–Crippen MR) is 255 cm³/mol. The SMILES string of the molecule is CCCCC/C=C\C/C=C\CCCCCCCC(=O)OCC(COC(=O)CCC(OCCCCCCCC)OCCCCCCCC)COC(=O)OCCCN(CCO)C1CCC1. The molecule has 1 aliphatic carbocycles. The third-order valence-corrected chi connectivity index (χ3v) is 11.7. The van der Waals surface area contributed by atoms with E-state index in [1.54, 1.807) is 0 Å². The van der Waals surface area contributed by atoms with Crippen LogP contribution < -0.4 is 0 Å². The molecule has 1 N–H and O–H groups in total. The molecule has 0 aliphatic heterocycles. The lowest BCUT2D eigenvalue weighted by Gasteiger charge is -2.37. The molecule has 11 nitrogen and oxygen atoms in total. The molecule has 1 unspecified atom stereocenters. The largest absolute Gasteiger partial charge is 0.508 e. The maximum absolute atomic E-state index is 13.0. The number of aliphatic hydroxyl groups excluding tert-OH is 1. The summed E-state index contributed by atoms with van der Waals surface area (Å²) in [5.41, 5.74) is 0. The van der Waals surface area contributed by atoms with Crippen molar-refractivity contribution in [2.24, 2.45) is 5.92 Å². The van der Waals surface area contributed by atoms with E-state index in [1.807, 2.05) is 0 Å². The fourth-order valence-corrected chi connectivity index (χ4v) is 7.44. The number of rotatable bonds is 46. The van der Waals surface area contributed by atoms with Crippen LogP contribution in [0.2, 0.25) is 0 Å². The van der Waals surface area contributed by atoms with Crippen LogP contribution in [0, 0.1) is 5.92 Å². The highest BCUT2D eigenvalue weighted by Crippen LogP contribution is 2.24. The summed E-state index contributed by atoms with van der Waals surface area (Å²) in [6.45, 7) is 9.28. The monoisotopic (exact) mass is 894 g/mol. The molecule has 0 aromatic heterocycles. The standard InChI is InChI=1S/C52H95NO10/c1-4-7-10-13-16-17-18-19-20-21-22-23-24-25-28-35-49(55)61-44-47(46-63-52(57)60-43-32-38-53(39-40-54)48-33-31-34-48)45-62-50(56)36-37-51(58-41-29-26-14-11-8-5-2)59-42-30-27-15-12-9-6-3/h16-17,19-20,47-48,51,54H,4-15,18,21-46H2,1-3H3/b17-16-,20-19-. The molecule has 0 aromatic carbocycles. The zero-order valence-electron chi connectivity index (χ0n) is 40.7. The van der Waals surface area contributed by atoms with Gasteiger partial charge in [0, 0.05) is 45.2 Å². The van der Waals surface area contributed by atoms with Crippen LogP contribution in [0.25, 0.3) is 0 Å². The van der Waals surface area contributed by atoms with Gasteiger partial charge in [0.25, 0.3) is 0 Å². The van der Waals surface area contributed by atoms with Crippen molar-refractivity contribution >= 4 is 18.1 Å². The van der Waals surface area contributed by atoms with Crippen molar-refractivity contribution < 1.29 is 47.9 Å². The number of allylic oxidation sites excluding steroid dienone is 4. The van der Waals surface area contributed by atoms with Gasteiger partial charge in [0.15, 0.2) is 6.29 Å². The summed E-state index contributed by atoms with van der Waals surface area (Å²) in [7, 11) is 0. The third-order valence-electron chi connectivity index (χ3n) is 11.7. The smallest absolute Gasteiger partial charge is 0.465 e. The maximum atomic E-state index is 13.0. The number of esters is 2. The van der Waals surface area contributed by atoms with Gasteiger partial charge in [-0.05, 0) is 70.6 Å². The zero-order valence-corrected chi connectivity index (χ0v) is 40.7. The first-order valence-corrected chi connectivity index (χ1v) is 25.9. The molecule has 0 radical (unpaired) electrons. The molecule has 1 atom stereocenters.